The van der Waals surface area contributed by atoms with Crippen molar-refractivity contribution in [3.05, 3.63) is 57.9 Å². The van der Waals surface area contributed by atoms with Gasteiger partial charge in [0.25, 0.3) is 21.8 Å². The zero-order valence-electron chi connectivity index (χ0n) is 18.3. The van der Waals surface area contributed by atoms with Gasteiger partial charge in [0.1, 0.15) is 27.0 Å². The molecule has 3 heterocycles. The van der Waals surface area contributed by atoms with E-state index in [1.54, 1.807) is 17.0 Å². The second kappa shape index (κ2) is 7.62. The van der Waals surface area contributed by atoms with Crippen LogP contribution in [0.3, 0.4) is 0 Å². The number of sulfonamides is 1. The van der Waals surface area contributed by atoms with E-state index in [0.717, 1.165) is 36.2 Å². The van der Waals surface area contributed by atoms with Crippen LogP contribution in [-0.2, 0) is 21.4 Å². The van der Waals surface area contributed by atoms with E-state index >= 15 is 0 Å². The Balaban J connectivity index is 1.45. The molecule has 4 atom stereocenters. The van der Waals surface area contributed by atoms with Crippen LogP contribution in [0.5, 0.6) is 0 Å². The first-order valence-corrected chi connectivity index (χ1v) is 13.5. The van der Waals surface area contributed by atoms with Crippen molar-refractivity contribution in [2.24, 2.45) is 27.9 Å². The van der Waals surface area contributed by atoms with Gasteiger partial charge in [-0.1, -0.05) is 12.1 Å². The Labute approximate surface area is 204 Å². The lowest BCUT2D eigenvalue weighted by atomic mass is 9.77. The Morgan fingerprint density at radius 1 is 1.26 bits per heavy atom. The number of aliphatic hydroxyl groups is 1. The van der Waals surface area contributed by atoms with Gasteiger partial charge in [-0.3, -0.25) is 9.59 Å². The van der Waals surface area contributed by atoms with E-state index in [1.807, 2.05) is 0 Å². The monoisotopic (exact) mass is 516 g/mol. The minimum atomic E-state index is -4.36. The number of aliphatic hydroxyl groups excluding tert-OH is 1. The number of nitrogens with one attached hydrogen (secondary N) is 1. The third kappa shape index (κ3) is 3.30. The molecule has 2 aromatic rings. The Kier molecular flexibility index (Phi) is 4.84. The van der Waals surface area contributed by atoms with Crippen molar-refractivity contribution in [2.75, 3.05) is 5.32 Å². The number of thiophene rings is 1. The molecular formula is C23H21FN4O5S2. The highest BCUT2D eigenvalue weighted by Crippen LogP contribution is 2.55. The molecule has 2 fully saturated rings. The number of rotatable bonds is 4. The number of hydrogen-bond donors (Lipinski definition) is 3. The number of nitrogens with zero attached hydrogens (tertiary/aromatic N) is 2. The Morgan fingerprint density at radius 3 is 2.69 bits per heavy atom. The molecule has 6 rings (SSSR count). The van der Waals surface area contributed by atoms with Crippen LogP contribution in [0.15, 0.2) is 50.3 Å². The van der Waals surface area contributed by atoms with Crippen molar-refractivity contribution in [3.8, 4) is 0 Å². The van der Waals surface area contributed by atoms with Gasteiger partial charge < -0.3 is 21.1 Å². The van der Waals surface area contributed by atoms with E-state index in [1.165, 1.54) is 17.5 Å². The van der Waals surface area contributed by atoms with Crippen LogP contribution in [0.4, 0.5) is 9.39 Å². The summed E-state index contributed by atoms with van der Waals surface area (Å²) in [6, 6.07) is 5.63. The summed E-state index contributed by atoms with van der Waals surface area (Å²) in [7, 11) is -4.36. The maximum atomic E-state index is 13.8. The molecule has 2 amide bonds. The maximum absolute atomic E-state index is 13.8. The summed E-state index contributed by atoms with van der Waals surface area (Å²) in [6.45, 7) is 0.191. The quantitative estimate of drug-likeness (QED) is 0.570. The maximum Gasteiger partial charge on any atom is 0.288 e. The fourth-order valence-corrected chi connectivity index (χ4v) is 8.67. The van der Waals surface area contributed by atoms with Crippen molar-refractivity contribution in [1.82, 2.24) is 4.90 Å². The first-order chi connectivity index (χ1) is 16.7. The zero-order valence-corrected chi connectivity index (χ0v) is 19.9. The van der Waals surface area contributed by atoms with E-state index in [2.05, 4.69) is 9.71 Å². The standard InChI is InChI=1S/C23H21FN4O5S2/c24-13-5-1-10(2-6-13)8-28-17-12-4-3-11(7-12)15(17)18(29)16(23(28)31)21-26-22-19(35(32,33)27-21)14(9-34-22)20(25)30/h1-2,5-6,9,11-12,15,17,29H,3-4,7-8H2,(H2,25,30)(H,26,27)/t11-,12+,15+,17-/m0/s1. The van der Waals surface area contributed by atoms with Crippen molar-refractivity contribution in [2.45, 2.75) is 36.7 Å². The van der Waals surface area contributed by atoms with E-state index in [4.69, 9.17) is 5.73 Å². The second-order valence-electron chi connectivity index (χ2n) is 9.38. The highest BCUT2D eigenvalue weighted by molar-refractivity contribution is 7.90. The predicted octanol–water partition coefficient (Wildman–Crippen LogP) is 2.77. The molecule has 2 aliphatic heterocycles. The van der Waals surface area contributed by atoms with Crippen molar-refractivity contribution >= 4 is 44.0 Å². The van der Waals surface area contributed by atoms with Crippen LogP contribution in [0.1, 0.15) is 35.2 Å². The lowest BCUT2D eigenvalue weighted by molar-refractivity contribution is -0.134. The van der Waals surface area contributed by atoms with Crippen LogP contribution >= 0.6 is 11.3 Å². The van der Waals surface area contributed by atoms with Gasteiger partial charge >= 0.3 is 0 Å². The van der Waals surface area contributed by atoms with E-state index in [0.29, 0.717) is 0 Å². The van der Waals surface area contributed by atoms with E-state index in [-0.39, 0.29) is 68.8 Å². The minimum Gasteiger partial charge on any atom is -0.511 e. The van der Waals surface area contributed by atoms with Crippen LogP contribution in [-0.4, -0.2) is 42.1 Å². The topological polar surface area (TPSA) is 142 Å². The Morgan fingerprint density at radius 2 is 1.97 bits per heavy atom. The molecule has 0 radical (unpaired) electrons. The molecule has 1 aromatic heterocycles. The number of primary amides is 1. The molecule has 0 saturated heterocycles. The summed E-state index contributed by atoms with van der Waals surface area (Å²) in [4.78, 5) is 26.8. The highest BCUT2D eigenvalue weighted by Gasteiger charge is 2.57. The lowest BCUT2D eigenvalue weighted by Crippen LogP contribution is -2.53. The summed E-state index contributed by atoms with van der Waals surface area (Å²) < 4.78 is 43.2. The molecule has 182 valence electrons. The van der Waals surface area contributed by atoms with Gasteiger partial charge in [-0.15, -0.1) is 15.7 Å². The van der Waals surface area contributed by atoms with Gasteiger partial charge in [-0.05, 0) is 48.8 Å². The van der Waals surface area contributed by atoms with Crippen LogP contribution in [0, 0.1) is 23.6 Å². The fourth-order valence-electron chi connectivity index (χ4n) is 6.10. The normalized spacial score (nSPS) is 28.4. The van der Waals surface area contributed by atoms with Gasteiger partial charge in [-0.25, -0.2) is 4.39 Å². The first-order valence-electron chi connectivity index (χ1n) is 11.2. The summed E-state index contributed by atoms with van der Waals surface area (Å²) in [5.74, 6) is -2.20. The van der Waals surface area contributed by atoms with Gasteiger partial charge in [0.05, 0.1) is 5.56 Å². The summed E-state index contributed by atoms with van der Waals surface area (Å²) in [5, 5.41) is 15.6. The number of hydrogen-bond acceptors (Lipinski definition) is 7. The predicted molar refractivity (Wildman–Crippen MR) is 126 cm³/mol. The van der Waals surface area contributed by atoms with Gasteiger partial charge in [-0.2, -0.15) is 8.42 Å². The number of carbonyl (C=O) groups excluding carboxylic acids is 2. The molecule has 9 nitrogen and oxygen atoms in total. The summed E-state index contributed by atoms with van der Waals surface area (Å²) in [5.41, 5.74) is 5.66. The number of benzene rings is 1. The lowest BCUT2D eigenvalue weighted by Gasteiger charge is -2.44. The zero-order chi connectivity index (χ0) is 24.6. The molecule has 2 bridgehead atoms. The smallest absolute Gasteiger partial charge is 0.288 e. The summed E-state index contributed by atoms with van der Waals surface area (Å²) >= 11 is 0.953. The van der Waals surface area contributed by atoms with Crippen LogP contribution in [0.2, 0.25) is 0 Å². The molecule has 1 aromatic carbocycles. The SMILES string of the molecule is NC(=O)c1csc2c1S(=O)(=O)N=C(C1=C(O)[C@@H]3[C@H]4CC[C@H](C4)[C@@H]3N(Cc3ccc(F)cc3)C1=O)N2. The molecule has 2 saturated carbocycles. The van der Waals surface area contributed by atoms with E-state index in [9.17, 15) is 27.5 Å². The van der Waals surface area contributed by atoms with Gasteiger partial charge in [0.2, 0.25) is 0 Å². The molecule has 2 aliphatic carbocycles. The minimum absolute atomic E-state index is 0.108. The third-order valence-corrected chi connectivity index (χ3v) is 9.88. The van der Waals surface area contributed by atoms with Gasteiger partial charge in [0.15, 0.2) is 5.84 Å². The first kappa shape index (κ1) is 22.2. The number of carbonyl (C=O) groups is 2. The highest BCUT2D eigenvalue weighted by atomic mass is 32.2. The number of halogens is 1. The number of fused-ring (bicyclic) bond motifs is 6. The number of amides is 2. The van der Waals surface area contributed by atoms with Crippen LogP contribution in [0.25, 0.3) is 0 Å². The molecular weight excluding hydrogens is 495 g/mol. The van der Waals surface area contributed by atoms with E-state index < -0.39 is 21.8 Å². The largest absolute Gasteiger partial charge is 0.511 e. The third-order valence-electron chi connectivity index (χ3n) is 7.49. The van der Waals surface area contributed by atoms with Crippen molar-refractivity contribution in [1.29, 1.82) is 0 Å². The number of amidine groups is 1. The number of nitrogens with two attached hydrogens (primary N) is 1. The Hall–Kier alpha value is -3.25. The van der Waals surface area contributed by atoms with Crippen molar-refractivity contribution < 1.29 is 27.5 Å². The average Bonchev–Trinajstić information content (AvgIpc) is 3.52. The van der Waals surface area contributed by atoms with Gasteiger partial charge in [0, 0.05) is 23.9 Å². The summed E-state index contributed by atoms with van der Waals surface area (Å²) in [6.07, 6.45) is 2.73. The molecule has 0 spiro atoms. The fraction of sp³-hybridized carbons (Fsp3) is 0.348. The average molecular weight is 517 g/mol. The molecule has 0 unspecified atom stereocenters. The Bertz CT molecular complexity index is 1450. The molecule has 12 heteroatoms. The molecule has 4 aliphatic rings. The second-order valence-corrected chi connectivity index (χ2v) is 11.8. The molecule has 35 heavy (non-hydrogen) atoms. The van der Waals surface area contributed by atoms with Crippen molar-refractivity contribution in [3.63, 3.8) is 0 Å². The molecule has 4 N–H and O–H groups in total. The van der Waals surface area contributed by atoms with Crippen LogP contribution < -0.4 is 11.1 Å². The number of anilines is 1.